The van der Waals surface area contributed by atoms with Crippen molar-refractivity contribution in [2.45, 2.75) is 69.7 Å². The topological polar surface area (TPSA) is 97.0 Å². The molecule has 8 heteroatoms. The number of rotatable bonds is 5. The molecule has 186 valence electrons. The number of anilines is 1. The van der Waals surface area contributed by atoms with E-state index in [1.54, 1.807) is 6.08 Å². The smallest absolute Gasteiger partial charge is 0.274 e. The first-order valence-electron chi connectivity index (χ1n) is 12.1. The lowest BCUT2D eigenvalue weighted by molar-refractivity contribution is -0.184. The lowest BCUT2D eigenvalue weighted by Gasteiger charge is -2.47. The van der Waals surface area contributed by atoms with E-state index in [2.05, 4.69) is 17.2 Å². The molecule has 5 rings (SSSR count). The first-order chi connectivity index (χ1) is 16.4. The Labute approximate surface area is 205 Å². The zero-order valence-electron chi connectivity index (χ0n) is 21.0. The van der Waals surface area contributed by atoms with Gasteiger partial charge in [-0.3, -0.25) is 14.4 Å². The van der Waals surface area contributed by atoms with Gasteiger partial charge in [0.15, 0.2) is 0 Å². The molecule has 2 N–H and O–H groups in total. The molecule has 35 heavy (non-hydrogen) atoms. The molecule has 8 nitrogen and oxygen atoms in total. The van der Waals surface area contributed by atoms with Gasteiger partial charge in [0.25, 0.3) is 5.91 Å². The van der Waals surface area contributed by atoms with Crippen LogP contribution >= 0.6 is 0 Å². The van der Waals surface area contributed by atoms with Crippen molar-refractivity contribution < 1.29 is 23.9 Å². The number of piperazine rings is 1. The number of allylic oxidation sites excluding steroid dienone is 1. The zero-order chi connectivity index (χ0) is 25.4. The number of ether oxygens (including phenoxy) is 2. The lowest BCUT2D eigenvalue weighted by Crippen LogP contribution is -2.70. The van der Waals surface area contributed by atoms with Gasteiger partial charge >= 0.3 is 0 Å². The van der Waals surface area contributed by atoms with Crippen LogP contribution in [0.4, 0.5) is 5.69 Å². The summed E-state index contributed by atoms with van der Waals surface area (Å²) in [4.78, 5) is 42.2. The van der Waals surface area contributed by atoms with E-state index in [-0.39, 0.29) is 24.1 Å². The molecule has 0 radical (unpaired) electrons. The number of benzene rings is 1. The van der Waals surface area contributed by atoms with Gasteiger partial charge in [0.05, 0.1) is 11.1 Å². The summed E-state index contributed by atoms with van der Waals surface area (Å²) in [5, 5.41) is 5.98. The molecule has 3 amide bonds. The molecule has 2 saturated heterocycles. The minimum Gasteiger partial charge on any atom is -0.483 e. The Balaban J connectivity index is 1.61. The van der Waals surface area contributed by atoms with Gasteiger partial charge in [-0.15, -0.1) is 6.58 Å². The number of hydrogen-bond donors (Lipinski definition) is 2. The van der Waals surface area contributed by atoms with Crippen molar-refractivity contribution in [2.75, 3.05) is 19.0 Å². The molecule has 0 unspecified atom stereocenters. The molecule has 2 fully saturated rings. The molecule has 0 spiro atoms. The Hall–Kier alpha value is -3.13. The fraction of sp³-hybridized carbons (Fsp3) is 0.519. The van der Waals surface area contributed by atoms with Crippen molar-refractivity contribution in [3.8, 4) is 5.75 Å². The van der Waals surface area contributed by atoms with Gasteiger partial charge in [-0.05, 0) is 50.5 Å². The van der Waals surface area contributed by atoms with E-state index < -0.39 is 28.2 Å². The Kier molecular flexibility index (Phi) is 5.01. The number of hydrogen-bond acceptors (Lipinski definition) is 5. The fourth-order valence-electron chi connectivity index (χ4n) is 6.16. The molecule has 1 aromatic rings. The quantitative estimate of drug-likeness (QED) is 0.633. The minimum absolute atomic E-state index is 0.0978. The van der Waals surface area contributed by atoms with Crippen molar-refractivity contribution in [1.82, 2.24) is 10.2 Å². The highest BCUT2D eigenvalue weighted by molar-refractivity contribution is 6.10. The number of carbonyl (C=O) groups excluding carboxylic acids is 3. The van der Waals surface area contributed by atoms with Crippen molar-refractivity contribution in [3.05, 3.63) is 42.0 Å². The van der Waals surface area contributed by atoms with Gasteiger partial charge in [0.1, 0.15) is 17.4 Å². The second-order valence-electron chi connectivity index (χ2n) is 11.0. The maximum Gasteiger partial charge on any atom is 0.274 e. The highest BCUT2D eigenvalue weighted by Crippen LogP contribution is 2.56. The van der Waals surface area contributed by atoms with E-state index in [0.717, 1.165) is 11.1 Å². The normalized spacial score (nSPS) is 30.7. The van der Waals surface area contributed by atoms with E-state index >= 15 is 0 Å². The van der Waals surface area contributed by atoms with Crippen LogP contribution in [0.3, 0.4) is 0 Å². The van der Waals surface area contributed by atoms with Crippen molar-refractivity contribution in [1.29, 1.82) is 0 Å². The molecule has 4 heterocycles. The van der Waals surface area contributed by atoms with Gasteiger partial charge in [0, 0.05) is 31.1 Å². The first kappa shape index (κ1) is 23.6. The summed E-state index contributed by atoms with van der Waals surface area (Å²) in [7, 11) is 1.45. The maximum absolute atomic E-state index is 13.9. The average molecular weight is 480 g/mol. The van der Waals surface area contributed by atoms with Crippen LogP contribution in [0, 0.1) is 5.41 Å². The average Bonchev–Trinajstić information content (AvgIpc) is 3.37. The predicted octanol–water partition coefficient (Wildman–Crippen LogP) is 3.13. The summed E-state index contributed by atoms with van der Waals surface area (Å²) in [5.74, 6) is -0.104. The molecule has 4 aliphatic rings. The number of nitrogens with zero attached hydrogens (tertiary/aromatic N) is 1. The Morgan fingerprint density at radius 3 is 2.69 bits per heavy atom. The van der Waals surface area contributed by atoms with Gasteiger partial charge in [-0.2, -0.15) is 0 Å². The van der Waals surface area contributed by atoms with Crippen LogP contribution in [0.5, 0.6) is 5.75 Å². The van der Waals surface area contributed by atoms with E-state index in [1.165, 1.54) is 12.0 Å². The second kappa shape index (κ2) is 7.43. The zero-order valence-corrected chi connectivity index (χ0v) is 21.0. The van der Waals surface area contributed by atoms with Crippen LogP contribution in [0.2, 0.25) is 0 Å². The monoisotopic (exact) mass is 479 g/mol. The maximum atomic E-state index is 13.9. The van der Waals surface area contributed by atoms with Crippen LogP contribution in [0.1, 0.15) is 58.1 Å². The number of methoxy groups -OCH3 is 1. The SMILES string of the molecule is C=CC(C)(C)[C@@]1(C[C@@H]2NC(=O)[C@]3(OC)CCCN3C2=O)C(=O)Nc2c1ccc1c2C=CC(C)(C)O1. The van der Waals surface area contributed by atoms with Crippen LogP contribution in [0.15, 0.2) is 30.9 Å². The van der Waals surface area contributed by atoms with Crippen molar-refractivity contribution in [3.63, 3.8) is 0 Å². The first-order valence-corrected chi connectivity index (χ1v) is 12.1. The van der Waals surface area contributed by atoms with E-state index in [1.807, 2.05) is 52.0 Å². The van der Waals surface area contributed by atoms with Gasteiger partial charge in [-0.25, -0.2) is 0 Å². The molecular weight excluding hydrogens is 446 g/mol. The third-order valence-electron chi connectivity index (χ3n) is 8.33. The molecule has 0 saturated carbocycles. The Morgan fingerprint density at radius 1 is 1.26 bits per heavy atom. The standard InChI is InChI=1S/C27H33N3O5/c1-7-24(2,3)26(15-18-21(31)30-14-8-12-27(30,34-6)23(33)28-18)17-9-10-19-16(20(17)29-22(26)32)11-13-25(4,5)35-19/h7,9-11,13,18H,1,8,12,14-15H2,2-6H3,(H,28,33)(H,29,32)/t18-,26+,27+/m0/s1. The van der Waals surface area contributed by atoms with Gasteiger partial charge in [-0.1, -0.05) is 26.0 Å². The highest BCUT2D eigenvalue weighted by atomic mass is 16.5. The molecule has 4 aliphatic heterocycles. The minimum atomic E-state index is -1.27. The Bertz CT molecular complexity index is 1190. The molecule has 0 bridgehead atoms. The summed E-state index contributed by atoms with van der Waals surface area (Å²) < 4.78 is 11.7. The summed E-state index contributed by atoms with van der Waals surface area (Å²) in [6.45, 7) is 12.3. The number of amides is 3. The van der Waals surface area contributed by atoms with Gasteiger partial charge < -0.3 is 25.0 Å². The molecular formula is C27H33N3O5. The number of fused-ring (bicyclic) bond motifs is 4. The summed E-state index contributed by atoms with van der Waals surface area (Å²) in [6, 6.07) is 2.91. The fourth-order valence-corrected chi connectivity index (χ4v) is 6.16. The van der Waals surface area contributed by atoms with E-state index in [9.17, 15) is 14.4 Å². The largest absolute Gasteiger partial charge is 0.483 e. The summed E-state index contributed by atoms with van der Waals surface area (Å²) in [6.07, 6.45) is 6.92. The van der Waals surface area contributed by atoms with E-state index in [0.29, 0.717) is 30.8 Å². The second-order valence-corrected chi connectivity index (χ2v) is 11.0. The predicted molar refractivity (Wildman–Crippen MR) is 132 cm³/mol. The molecule has 1 aromatic carbocycles. The van der Waals surface area contributed by atoms with Gasteiger partial charge in [0.2, 0.25) is 17.5 Å². The Morgan fingerprint density at radius 2 is 2.00 bits per heavy atom. The number of carbonyl (C=O) groups is 3. The van der Waals surface area contributed by atoms with Crippen LogP contribution in [-0.2, 0) is 24.5 Å². The third kappa shape index (κ3) is 3.05. The van der Waals surface area contributed by atoms with Crippen LogP contribution in [0.25, 0.3) is 6.08 Å². The van der Waals surface area contributed by atoms with Crippen molar-refractivity contribution in [2.24, 2.45) is 5.41 Å². The molecule has 3 atom stereocenters. The van der Waals surface area contributed by atoms with Crippen LogP contribution < -0.4 is 15.4 Å². The van der Waals surface area contributed by atoms with E-state index in [4.69, 9.17) is 9.47 Å². The molecule has 0 aliphatic carbocycles. The summed E-state index contributed by atoms with van der Waals surface area (Å²) in [5.41, 5.74) is -1.35. The van der Waals surface area contributed by atoms with Crippen molar-refractivity contribution >= 4 is 29.5 Å². The van der Waals surface area contributed by atoms with Crippen LogP contribution in [-0.4, -0.2) is 53.6 Å². The third-order valence-corrected chi connectivity index (χ3v) is 8.33. The summed E-state index contributed by atoms with van der Waals surface area (Å²) >= 11 is 0. The molecule has 0 aromatic heterocycles. The lowest BCUT2D eigenvalue weighted by atomic mass is 9.59. The number of nitrogens with one attached hydrogen (secondary N) is 2. The highest BCUT2D eigenvalue weighted by Gasteiger charge is 2.61.